The van der Waals surface area contributed by atoms with E-state index in [1.54, 1.807) is 48.5 Å². The van der Waals surface area contributed by atoms with Crippen LogP contribution in [0.15, 0.2) is 72.3 Å². The zero-order chi connectivity index (χ0) is 23.4. The van der Waals surface area contributed by atoms with Gasteiger partial charge in [0, 0.05) is 0 Å². The molecule has 0 spiro atoms. The van der Waals surface area contributed by atoms with E-state index in [9.17, 15) is 14.0 Å². The third-order valence-electron chi connectivity index (χ3n) is 4.97. The number of carbonyl (C=O) groups excluding carboxylic acids is 2. The highest BCUT2D eigenvalue weighted by Crippen LogP contribution is 2.40. The lowest BCUT2D eigenvalue weighted by Crippen LogP contribution is -2.35. The maximum absolute atomic E-state index is 13.5. The number of nitrogens with one attached hydrogen (secondary N) is 1. The van der Waals surface area contributed by atoms with Crippen molar-refractivity contribution < 1.29 is 28.2 Å². The standard InChI is InChI=1S/C25H21FN2O5/c1-31-21-13-17(12-20-24(29)27-28(25(20)30)19-9-4-3-5-10-19)14-22(32-2)23(21)33-15-16-7-6-8-18(26)11-16/h3-14H,15H2,1-2H3,(H,27,29)/b20-12-. The van der Waals surface area contributed by atoms with Gasteiger partial charge in [0.15, 0.2) is 11.5 Å². The van der Waals surface area contributed by atoms with E-state index in [0.29, 0.717) is 34.1 Å². The molecule has 1 N–H and O–H groups in total. The number of rotatable bonds is 7. The molecule has 33 heavy (non-hydrogen) atoms. The molecule has 0 aromatic heterocycles. The van der Waals surface area contributed by atoms with E-state index < -0.39 is 11.8 Å². The Hall–Kier alpha value is -4.33. The van der Waals surface area contributed by atoms with Crippen LogP contribution in [0.5, 0.6) is 17.2 Å². The highest BCUT2D eigenvalue weighted by Gasteiger charge is 2.34. The summed E-state index contributed by atoms with van der Waals surface area (Å²) in [7, 11) is 2.93. The van der Waals surface area contributed by atoms with Gasteiger partial charge in [-0.15, -0.1) is 0 Å². The highest BCUT2D eigenvalue weighted by atomic mass is 19.1. The molecule has 168 valence electrons. The van der Waals surface area contributed by atoms with Crippen LogP contribution >= 0.6 is 0 Å². The average molecular weight is 448 g/mol. The van der Waals surface area contributed by atoms with Crippen LogP contribution in [-0.4, -0.2) is 26.0 Å². The number of para-hydroxylation sites is 1. The molecule has 2 amide bonds. The fraction of sp³-hybridized carbons (Fsp3) is 0.120. The molecule has 0 radical (unpaired) electrons. The van der Waals surface area contributed by atoms with E-state index in [1.165, 1.54) is 37.4 Å². The molecule has 7 nitrogen and oxygen atoms in total. The Morgan fingerprint density at radius 3 is 2.27 bits per heavy atom. The number of carbonyl (C=O) groups is 2. The second kappa shape index (κ2) is 9.44. The lowest BCUT2D eigenvalue weighted by Gasteiger charge is -2.15. The van der Waals surface area contributed by atoms with Crippen molar-refractivity contribution in [3.8, 4) is 17.2 Å². The number of hydrazine groups is 1. The molecular formula is C25H21FN2O5. The zero-order valence-corrected chi connectivity index (χ0v) is 18.0. The lowest BCUT2D eigenvalue weighted by molar-refractivity contribution is -0.117. The molecule has 0 unspecified atom stereocenters. The van der Waals surface area contributed by atoms with Crippen LogP contribution < -0.4 is 24.6 Å². The van der Waals surface area contributed by atoms with Crippen LogP contribution in [-0.2, 0) is 16.2 Å². The van der Waals surface area contributed by atoms with Gasteiger partial charge in [-0.2, -0.15) is 0 Å². The van der Waals surface area contributed by atoms with Crippen molar-refractivity contribution in [2.24, 2.45) is 0 Å². The van der Waals surface area contributed by atoms with E-state index in [-0.39, 0.29) is 18.0 Å². The van der Waals surface area contributed by atoms with E-state index >= 15 is 0 Å². The summed E-state index contributed by atoms with van der Waals surface area (Å²) in [6.07, 6.45) is 1.46. The number of amides is 2. The first-order valence-electron chi connectivity index (χ1n) is 10.1. The second-order valence-electron chi connectivity index (χ2n) is 7.15. The average Bonchev–Trinajstić information content (AvgIpc) is 3.11. The van der Waals surface area contributed by atoms with Gasteiger partial charge in [0.1, 0.15) is 18.0 Å². The molecule has 1 fully saturated rings. The Balaban J connectivity index is 1.62. The molecule has 1 heterocycles. The first-order valence-corrected chi connectivity index (χ1v) is 10.1. The zero-order valence-electron chi connectivity index (χ0n) is 18.0. The van der Waals surface area contributed by atoms with Crippen molar-refractivity contribution in [2.45, 2.75) is 6.61 Å². The summed E-state index contributed by atoms with van der Waals surface area (Å²) in [5.41, 5.74) is 4.23. The summed E-state index contributed by atoms with van der Waals surface area (Å²) in [6, 6.07) is 18.1. The predicted molar refractivity (Wildman–Crippen MR) is 120 cm³/mol. The van der Waals surface area contributed by atoms with E-state index in [2.05, 4.69) is 5.43 Å². The van der Waals surface area contributed by atoms with Crippen molar-refractivity contribution in [3.05, 3.63) is 89.2 Å². The molecule has 0 bridgehead atoms. The van der Waals surface area contributed by atoms with E-state index in [1.807, 2.05) is 6.07 Å². The minimum atomic E-state index is -0.520. The molecule has 1 aliphatic rings. The van der Waals surface area contributed by atoms with Gasteiger partial charge >= 0.3 is 0 Å². The molecule has 1 aliphatic heterocycles. The number of hydrogen-bond donors (Lipinski definition) is 1. The van der Waals surface area contributed by atoms with Gasteiger partial charge in [-0.05, 0) is 53.6 Å². The topological polar surface area (TPSA) is 77.1 Å². The van der Waals surface area contributed by atoms with Crippen molar-refractivity contribution in [3.63, 3.8) is 0 Å². The Morgan fingerprint density at radius 2 is 1.64 bits per heavy atom. The number of nitrogens with zero attached hydrogens (tertiary/aromatic N) is 1. The number of benzene rings is 3. The van der Waals surface area contributed by atoms with E-state index in [4.69, 9.17) is 14.2 Å². The van der Waals surface area contributed by atoms with Crippen molar-refractivity contribution in [2.75, 3.05) is 19.2 Å². The van der Waals surface area contributed by atoms with Gasteiger partial charge < -0.3 is 14.2 Å². The third kappa shape index (κ3) is 4.64. The fourth-order valence-electron chi connectivity index (χ4n) is 3.39. The van der Waals surface area contributed by atoms with Gasteiger partial charge in [-0.1, -0.05) is 30.3 Å². The van der Waals surface area contributed by atoms with Crippen molar-refractivity contribution in [1.29, 1.82) is 0 Å². The Bertz CT molecular complexity index is 1200. The van der Waals surface area contributed by atoms with Gasteiger partial charge in [-0.25, -0.2) is 9.40 Å². The van der Waals surface area contributed by atoms with Crippen LogP contribution in [0.1, 0.15) is 11.1 Å². The van der Waals surface area contributed by atoms with Crippen LogP contribution in [0, 0.1) is 5.82 Å². The smallest absolute Gasteiger partial charge is 0.282 e. The van der Waals surface area contributed by atoms with Crippen molar-refractivity contribution in [1.82, 2.24) is 5.43 Å². The number of ether oxygens (including phenoxy) is 3. The van der Waals surface area contributed by atoms with Crippen LogP contribution in [0.3, 0.4) is 0 Å². The molecule has 1 saturated heterocycles. The second-order valence-corrected chi connectivity index (χ2v) is 7.15. The number of methoxy groups -OCH3 is 2. The Morgan fingerprint density at radius 1 is 0.939 bits per heavy atom. The molecule has 4 rings (SSSR count). The van der Waals surface area contributed by atoms with Crippen LogP contribution in [0.2, 0.25) is 0 Å². The van der Waals surface area contributed by atoms with E-state index in [0.717, 1.165) is 0 Å². The number of halogens is 1. The molecule has 8 heteroatoms. The monoisotopic (exact) mass is 448 g/mol. The predicted octanol–water partition coefficient (Wildman–Crippen LogP) is 3.88. The lowest BCUT2D eigenvalue weighted by atomic mass is 10.1. The molecule has 0 atom stereocenters. The Labute approximate surface area is 190 Å². The van der Waals surface area contributed by atoms with Crippen molar-refractivity contribution >= 4 is 23.6 Å². The minimum absolute atomic E-state index is 0.0311. The van der Waals surface area contributed by atoms with Gasteiger partial charge in [0.05, 0.1) is 19.9 Å². The summed E-state index contributed by atoms with van der Waals surface area (Å²) in [5.74, 6) is -0.365. The normalized spacial score (nSPS) is 14.4. The maximum atomic E-state index is 13.5. The fourth-order valence-corrected chi connectivity index (χ4v) is 3.39. The number of hydrogen-bond acceptors (Lipinski definition) is 5. The van der Waals surface area contributed by atoms with Gasteiger partial charge in [0.2, 0.25) is 5.75 Å². The molecule has 3 aromatic rings. The quantitative estimate of drug-likeness (QED) is 0.439. The molecule has 0 aliphatic carbocycles. The first kappa shape index (κ1) is 21.9. The maximum Gasteiger partial charge on any atom is 0.282 e. The Kier molecular flexibility index (Phi) is 6.26. The summed E-state index contributed by atoms with van der Waals surface area (Å²) >= 11 is 0. The minimum Gasteiger partial charge on any atom is -0.493 e. The third-order valence-corrected chi connectivity index (χ3v) is 4.97. The largest absolute Gasteiger partial charge is 0.493 e. The summed E-state index contributed by atoms with van der Waals surface area (Å²) in [4.78, 5) is 25.3. The summed E-state index contributed by atoms with van der Waals surface area (Å²) in [6.45, 7) is 0.0951. The first-order chi connectivity index (χ1) is 16.0. The van der Waals surface area contributed by atoms with Gasteiger partial charge in [0.25, 0.3) is 11.8 Å². The van der Waals surface area contributed by atoms with Crippen LogP contribution in [0.25, 0.3) is 6.08 Å². The molecular weight excluding hydrogens is 427 g/mol. The van der Waals surface area contributed by atoms with Gasteiger partial charge in [-0.3, -0.25) is 15.0 Å². The number of anilines is 1. The highest BCUT2D eigenvalue weighted by molar-refractivity contribution is 6.31. The SMILES string of the molecule is COc1cc(/C=C2/C(=O)NN(c3ccccc3)C2=O)cc(OC)c1OCc1cccc(F)c1. The van der Waals surface area contributed by atoms with Crippen LogP contribution in [0.4, 0.5) is 10.1 Å². The summed E-state index contributed by atoms with van der Waals surface area (Å²) in [5, 5.41) is 1.19. The molecule has 0 saturated carbocycles. The summed E-state index contributed by atoms with van der Waals surface area (Å²) < 4.78 is 30.2. The molecule has 3 aromatic carbocycles.